The Balaban J connectivity index is 2.25. The van der Waals surface area contributed by atoms with Crippen LogP contribution in [0, 0.1) is 0 Å². The van der Waals surface area contributed by atoms with Crippen LogP contribution in [-0.4, -0.2) is 39.4 Å². The number of ether oxygens (including phenoxy) is 1. The van der Waals surface area contributed by atoms with E-state index in [1.165, 1.54) is 13.7 Å². The first-order valence-electron chi connectivity index (χ1n) is 8.61. The van der Waals surface area contributed by atoms with E-state index in [0.29, 0.717) is 22.1 Å². The lowest BCUT2D eigenvalue weighted by Crippen LogP contribution is -2.41. The molecule has 0 saturated carbocycles. The van der Waals surface area contributed by atoms with Crippen molar-refractivity contribution in [2.45, 2.75) is 45.8 Å². The summed E-state index contributed by atoms with van der Waals surface area (Å²) in [6, 6.07) is 1.68. The van der Waals surface area contributed by atoms with E-state index in [4.69, 9.17) is 14.0 Å². The van der Waals surface area contributed by atoms with Crippen LogP contribution in [0.15, 0.2) is 17.1 Å². The minimum absolute atomic E-state index is 0.204. The molecular formula is C17H22BIN2O5S. The van der Waals surface area contributed by atoms with E-state index < -0.39 is 24.3 Å². The monoisotopic (exact) mass is 504 g/mol. The molecule has 0 radical (unpaired) electrons. The third-order valence-corrected chi connectivity index (χ3v) is 6.88. The maximum absolute atomic E-state index is 12.8. The highest BCUT2D eigenvalue weighted by molar-refractivity contribution is 14.2. The summed E-state index contributed by atoms with van der Waals surface area (Å²) in [5.74, 6) is -0.472. The predicted octanol–water partition coefficient (Wildman–Crippen LogP) is 2.66. The van der Waals surface area contributed by atoms with Crippen molar-refractivity contribution in [3.63, 3.8) is 0 Å². The molecule has 10 heteroatoms. The van der Waals surface area contributed by atoms with Gasteiger partial charge < -0.3 is 18.6 Å². The maximum atomic E-state index is 12.8. The Kier molecular flexibility index (Phi) is 5.48. The molecule has 3 heterocycles. The Morgan fingerprint density at radius 1 is 1.30 bits per heavy atom. The molecule has 146 valence electrons. The summed E-state index contributed by atoms with van der Waals surface area (Å²) in [5.41, 5.74) is 0.205. The number of nitrogens with zero attached hydrogens (tertiary/aromatic N) is 2. The van der Waals surface area contributed by atoms with Crippen LogP contribution in [0.5, 0.6) is 0 Å². The van der Waals surface area contributed by atoms with Gasteiger partial charge >= 0.3 is 13.1 Å². The molecule has 0 aromatic carbocycles. The molecule has 1 aliphatic rings. The third kappa shape index (κ3) is 3.34. The van der Waals surface area contributed by atoms with Crippen molar-refractivity contribution >= 4 is 59.8 Å². The van der Waals surface area contributed by atoms with E-state index in [1.54, 1.807) is 30.2 Å². The zero-order valence-corrected chi connectivity index (χ0v) is 19.1. The Bertz CT molecular complexity index is 952. The fourth-order valence-corrected chi connectivity index (χ4v) is 4.67. The molecule has 1 fully saturated rings. The van der Waals surface area contributed by atoms with Gasteiger partial charge in [-0.1, -0.05) is 0 Å². The van der Waals surface area contributed by atoms with Gasteiger partial charge in [-0.25, -0.2) is 4.79 Å². The van der Waals surface area contributed by atoms with Crippen LogP contribution in [-0.2, 0) is 21.1 Å². The quantitative estimate of drug-likeness (QED) is 0.363. The predicted molar refractivity (Wildman–Crippen MR) is 116 cm³/mol. The second-order valence-corrected chi connectivity index (χ2v) is 9.15. The first kappa shape index (κ1) is 20.8. The molecule has 0 unspecified atom stereocenters. The molecule has 0 bridgehead atoms. The third-order valence-electron chi connectivity index (χ3n) is 5.19. The number of halogens is 1. The van der Waals surface area contributed by atoms with Crippen LogP contribution in [0.3, 0.4) is 0 Å². The highest BCUT2D eigenvalue weighted by atomic mass is 127. The second-order valence-electron chi connectivity index (χ2n) is 7.46. The van der Waals surface area contributed by atoms with Gasteiger partial charge in [0, 0.05) is 54.4 Å². The highest BCUT2D eigenvalue weighted by Gasteiger charge is 2.52. The van der Waals surface area contributed by atoms with Crippen molar-refractivity contribution in [2.75, 3.05) is 6.61 Å². The van der Waals surface area contributed by atoms with Crippen LogP contribution in [0.4, 0.5) is 0 Å². The van der Waals surface area contributed by atoms with Gasteiger partial charge in [-0.15, -0.1) is 0 Å². The number of carbonyl (C=O) groups excluding carboxylic acids is 1. The fraction of sp³-hybridized carbons (Fsp3) is 0.529. The van der Waals surface area contributed by atoms with Gasteiger partial charge in [0.1, 0.15) is 11.2 Å². The molecule has 2 aromatic heterocycles. The summed E-state index contributed by atoms with van der Waals surface area (Å²) in [6.07, 6.45) is 1.71. The number of hydrogen-bond acceptors (Lipinski definition) is 6. The largest absolute Gasteiger partial charge is 0.497 e. The number of fused-ring (bicyclic) bond motifs is 1. The van der Waals surface area contributed by atoms with Crippen molar-refractivity contribution in [3.05, 3.63) is 28.3 Å². The lowest BCUT2D eigenvalue weighted by atomic mass is 9.78. The van der Waals surface area contributed by atoms with Gasteiger partial charge in [0.2, 0.25) is 0 Å². The van der Waals surface area contributed by atoms with Crippen LogP contribution >= 0.6 is 30.3 Å². The van der Waals surface area contributed by atoms with Gasteiger partial charge in [0.15, 0.2) is 0 Å². The molecule has 0 atom stereocenters. The SMILES string of the molecule is CCOC(=O)c1cc2c(B3OC(C)(C)C(C)(C)O3)cn(C)c(=O)c2n1SI. The summed E-state index contributed by atoms with van der Waals surface area (Å²) in [5, 5.41) is 0.629. The number of carbonyl (C=O) groups is 1. The summed E-state index contributed by atoms with van der Waals surface area (Å²) in [7, 11) is 2.28. The molecular weight excluding hydrogens is 482 g/mol. The topological polar surface area (TPSA) is 71.7 Å². The first-order valence-corrected chi connectivity index (χ1v) is 11.9. The van der Waals surface area contributed by atoms with Crippen LogP contribution < -0.4 is 11.0 Å². The van der Waals surface area contributed by atoms with Crippen molar-refractivity contribution in [2.24, 2.45) is 7.05 Å². The minimum atomic E-state index is -0.644. The number of aryl methyl sites for hydroxylation is 1. The summed E-state index contributed by atoms with van der Waals surface area (Å²) < 4.78 is 20.6. The van der Waals surface area contributed by atoms with Gasteiger partial charge in [-0.3, -0.25) is 8.77 Å². The van der Waals surface area contributed by atoms with E-state index in [2.05, 4.69) is 0 Å². The Labute approximate surface area is 174 Å². The van der Waals surface area contributed by atoms with E-state index in [9.17, 15) is 9.59 Å². The normalized spacial score (nSPS) is 18.3. The van der Waals surface area contributed by atoms with Crippen molar-refractivity contribution in [3.8, 4) is 0 Å². The summed E-state index contributed by atoms with van der Waals surface area (Å²) in [4.78, 5) is 25.2. The zero-order chi connectivity index (χ0) is 20.1. The highest BCUT2D eigenvalue weighted by Crippen LogP contribution is 2.37. The molecule has 0 amide bonds. The molecule has 0 spiro atoms. The van der Waals surface area contributed by atoms with Crippen LogP contribution in [0.25, 0.3) is 10.9 Å². The number of pyridine rings is 1. The van der Waals surface area contributed by atoms with E-state index >= 15 is 0 Å². The average Bonchev–Trinajstić information content (AvgIpc) is 3.06. The van der Waals surface area contributed by atoms with Gasteiger partial charge in [-0.2, -0.15) is 0 Å². The Morgan fingerprint density at radius 2 is 1.89 bits per heavy atom. The summed E-state index contributed by atoms with van der Waals surface area (Å²) >= 11 is 2.05. The van der Waals surface area contributed by atoms with Crippen LogP contribution in [0.1, 0.15) is 45.1 Å². The molecule has 1 aliphatic heterocycles. The van der Waals surface area contributed by atoms with E-state index in [0.717, 1.165) is 0 Å². The smallest absolute Gasteiger partial charge is 0.461 e. The Morgan fingerprint density at radius 3 is 2.41 bits per heavy atom. The first-order chi connectivity index (χ1) is 12.5. The number of hydrogen-bond donors (Lipinski definition) is 0. The molecule has 2 aromatic rings. The van der Waals surface area contributed by atoms with Crippen LogP contribution in [0.2, 0.25) is 0 Å². The van der Waals surface area contributed by atoms with E-state index in [1.807, 2.05) is 48.9 Å². The maximum Gasteiger partial charge on any atom is 0.497 e. The molecule has 1 saturated heterocycles. The van der Waals surface area contributed by atoms with Gasteiger partial charge in [0.05, 0.1) is 17.8 Å². The molecule has 27 heavy (non-hydrogen) atoms. The van der Waals surface area contributed by atoms with Gasteiger partial charge in [0.25, 0.3) is 5.56 Å². The molecule has 0 aliphatic carbocycles. The number of esters is 1. The minimum Gasteiger partial charge on any atom is -0.461 e. The van der Waals surface area contributed by atoms with Crippen molar-refractivity contribution in [1.29, 1.82) is 0 Å². The fourth-order valence-electron chi connectivity index (χ4n) is 3.00. The molecule has 0 N–H and O–H groups in total. The lowest BCUT2D eigenvalue weighted by molar-refractivity contribution is 0.00578. The Hall–Kier alpha value is -0.975. The number of rotatable bonds is 4. The molecule has 7 nitrogen and oxygen atoms in total. The lowest BCUT2D eigenvalue weighted by Gasteiger charge is -2.32. The standard InChI is InChI=1S/C17H22BIN2O5S/c1-7-24-15(23)12-8-10-11(18-25-16(2,3)17(4,5)26-18)9-20(6)14(22)13(10)21(12)27-19/h8-9H,7H2,1-6H3. The van der Waals surface area contributed by atoms with Gasteiger partial charge in [-0.05, 0) is 40.7 Å². The molecule has 3 rings (SSSR count). The zero-order valence-electron chi connectivity index (χ0n) is 16.2. The summed E-state index contributed by atoms with van der Waals surface area (Å²) in [6.45, 7) is 9.90. The van der Waals surface area contributed by atoms with E-state index in [-0.39, 0.29) is 12.2 Å². The average molecular weight is 504 g/mol. The second kappa shape index (κ2) is 7.13. The number of aromatic nitrogens is 2. The van der Waals surface area contributed by atoms with Crippen molar-refractivity contribution in [1.82, 2.24) is 8.54 Å². The van der Waals surface area contributed by atoms with Crippen molar-refractivity contribution < 1.29 is 18.8 Å².